The first-order chi connectivity index (χ1) is 29.4. The van der Waals surface area contributed by atoms with Crippen LogP contribution in [0.5, 0.6) is 0 Å². The van der Waals surface area contributed by atoms with Gasteiger partial charge in [0.2, 0.25) is 17.7 Å². The fraction of sp³-hybridized carbons (Fsp3) is 0.457. The second kappa shape index (κ2) is 15.4. The predicted octanol–water partition coefficient (Wildman–Crippen LogP) is 5.53. The number of aromatic nitrogens is 1. The number of benzene rings is 3. The Bertz CT molecular complexity index is 2430. The Hall–Kier alpha value is -5.54. The van der Waals surface area contributed by atoms with Gasteiger partial charge in [-0.3, -0.25) is 44.0 Å². The molecule has 5 amide bonds. The Morgan fingerprint density at radius 1 is 0.852 bits per heavy atom. The molecule has 1 aromatic heterocycles. The van der Waals surface area contributed by atoms with Gasteiger partial charge in [0.15, 0.2) is 0 Å². The molecule has 0 spiro atoms. The van der Waals surface area contributed by atoms with E-state index in [1.165, 1.54) is 6.07 Å². The lowest BCUT2D eigenvalue weighted by molar-refractivity contribution is -0.138. The van der Waals surface area contributed by atoms with Crippen molar-refractivity contribution in [2.24, 2.45) is 5.92 Å². The fourth-order valence-corrected chi connectivity index (χ4v) is 11.0. The molecule has 12 nitrogen and oxygen atoms in total. The lowest BCUT2D eigenvalue weighted by Gasteiger charge is -2.41. The van der Waals surface area contributed by atoms with Gasteiger partial charge in [0.25, 0.3) is 18.2 Å². The molecule has 0 saturated carbocycles. The molecule has 0 radical (unpaired) electrons. The highest BCUT2D eigenvalue weighted by atomic mass is 19.3. The zero-order chi connectivity index (χ0) is 42.3. The Morgan fingerprint density at radius 3 is 2.20 bits per heavy atom. The first-order valence-electron chi connectivity index (χ1n) is 21.5. The molecular weight excluding hydrogens is 788 g/mol. The number of rotatable bonds is 7. The number of nitrogens with zero attached hydrogens (tertiary/aromatic N) is 5. The number of nitrogens with one attached hydrogen (secondary N) is 2. The highest BCUT2D eigenvalue weighted by molar-refractivity contribution is 6.23. The molecule has 4 aromatic rings. The lowest BCUT2D eigenvalue weighted by Crippen LogP contribution is -2.54. The summed E-state index contributed by atoms with van der Waals surface area (Å²) in [5, 5.41) is 3.27. The summed E-state index contributed by atoms with van der Waals surface area (Å²) >= 11 is 0. The highest BCUT2D eigenvalue weighted by Gasteiger charge is 2.46. The van der Waals surface area contributed by atoms with Crippen LogP contribution in [-0.4, -0.2) is 111 Å². The third kappa shape index (κ3) is 6.89. The number of carbonyl (C=O) groups is 5. The Kier molecular flexibility index (Phi) is 10.0. The van der Waals surface area contributed by atoms with Crippen LogP contribution in [0.1, 0.15) is 100 Å². The number of alkyl halides is 2. The lowest BCUT2D eigenvalue weighted by atomic mass is 9.88. The van der Waals surface area contributed by atoms with Gasteiger partial charge in [-0.15, -0.1) is 0 Å². The van der Waals surface area contributed by atoms with Crippen LogP contribution in [0, 0.1) is 11.7 Å². The quantitative estimate of drug-likeness (QED) is 0.233. The number of hydrogen-bond donors (Lipinski definition) is 2. The minimum Gasteiger partial charge on any atom is -0.371 e. The maximum Gasteiger partial charge on any atom is 0.262 e. The number of para-hydroxylation sites is 1. The molecule has 3 aromatic carbocycles. The number of aromatic amines is 1. The third-order valence-electron chi connectivity index (χ3n) is 14.2. The van der Waals surface area contributed by atoms with Gasteiger partial charge in [-0.05, 0) is 92.5 Å². The molecule has 318 valence electrons. The molecule has 2 N–H and O–H groups in total. The van der Waals surface area contributed by atoms with E-state index in [0.29, 0.717) is 80.9 Å². The summed E-state index contributed by atoms with van der Waals surface area (Å²) in [5.41, 5.74) is 6.33. The minimum absolute atomic E-state index is 0.0712. The SMILES string of the molecule is C[C@@H]1Cc2c([nH]c3ccccc23)[C@@H](c2ccc(N3CCC(C(=O)N4CCC(N5Cc6cc7c(cc6C5)C(=O)N(C5CCC(=O)NC5=O)C7=O)CC4)CC3)cc2F)N1CC(F)F. The van der Waals surface area contributed by atoms with E-state index in [2.05, 4.69) is 20.1 Å². The van der Waals surface area contributed by atoms with E-state index in [1.807, 2.05) is 42.2 Å². The van der Waals surface area contributed by atoms with Crippen LogP contribution >= 0.6 is 0 Å². The monoisotopic (exact) mass is 835 g/mol. The summed E-state index contributed by atoms with van der Waals surface area (Å²) in [7, 11) is 0. The first-order valence-corrected chi connectivity index (χ1v) is 21.5. The summed E-state index contributed by atoms with van der Waals surface area (Å²) in [4.78, 5) is 77.2. The van der Waals surface area contributed by atoms with E-state index in [-0.39, 0.29) is 36.8 Å². The van der Waals surface area contributed by atoms with Gasteiger partial charge in [0.05, 0.1) is 23.7 Å². The van der Waals surface area contributed by atoms with Gasteiger partial charge in [-0.1, -0.05) is 24.3 Å². The highest BCUT2D eigenvalue weighted by Crippen LogP contribution is 2.43. The number of carbonyl (C=O) groups excluding carboxylic acids is 5. The number of imide groups is 2. The maximum absolute atomic E-state index is 16.3. The molecule has 6 aliphatic rings. The van der Waals surface area contributed by atoms with E-state index < -0.39 is 54.5 Å². The second-order valence-electron chi connectivity index (χ2n) is 17.6. The van der Waals surface area contributed by atoms with Crippen LogP contribution in [0.15, 0.2) is 54.6 Å². The number of anilines is 1. The molecular formula is C46H48F3N7O5. The Balaban J connectivity index is 0.746. The minimum atomic E-state index is -2.56. The van der Waals surface area contributed by atoms with Crippen LogP contribution < -0.4 is 10.2 Å². The molecule has 1 unspecified atom stereocenters. The topological polar surface area (TPSA) is 129 Å². The molecule has 0 bridgehead atoms. The van der Waals surface area contributed by atoms with Crippen molar-refractivity contribution in [1.82, 2.24) is 29.9 Å². The Labute approximate surface area is 351 Å². The smallest absolute Gasteiger partial charge is 0.262 e. The van der Waals surface area contributed by atoms with Crippen LogP contribution in [0.2, 0.25) is 0 Å². The van der Waals surface area contributed by atoms with Crippen molar-refractivity contribution in [2.45, 2.75) is 95.6 Å². The number of hydrogen-bond acceptors (Lipinski definition) is 8. The number of H-pyrrole nitrogens is 1. The summed E-state index contributed by atoms with van der Waals surface area (Å²) in [6, 6.07) is 14.9. The zero-order valence-corrected chi connectivity index (χ0v) is 34.0. The predicted molar refractivity (Wildman–Crippen MR) is 219 cm³/mol. The largest absolute Gasteiger partial charge is 0.371 e. The Morgan fingerprint density at radius 2 is 1.54 bits per heavy atom. The van der Waals surface area contributed by atoms with Crippen molar-refractivity contribution in [3.05, 3.63) is 99.5 Å². The molecule has 3 saturated heterocycles. The van der Waals surface area contributed by atoms with Gasteiger partial charge < -0.3 is 14.8 Å². The number of fused-ring (bicyclic) bond motifs is 5. The molecule has 3 fully saturated rings. The third-order valence-corrected chi connectivity index (χ3v) is 14.2. The van der Waals surface area contributed by atoms with Gasteiger partial charge in [0, 0.05) is 91.5 Å². The normalized spacial score (nSPS) is 24.2. The van der Waals surface area contributed by atoms with Gasteiger partial charge in [-0.25, -0.2) is 13.2 Å². The van der Waals surface area contributed by atoms with Crippen LogP contribution in [0.3, 0.4) is 0 Å². The van der Waals surface area contributed by atoms with E-state index in [1.54, 1.807) is 23.1 Å². The van der Waals surface area contributed by atoms with Crippen LogP contribution in [0.4, 0.5) is 18.9 Å². The van der Waals surface area contributed by atoms with Gasteiger partial charge in [0.1, 0.15) is 11.9 Å². The number of likely N-dealkylation sites (tertiary alicyclic amines) is 1. The van der Waals surface area contributed by atoms with Crippen molar-refractivity contribution in [3.63, 3.8) is 0 Å². The van der Waals surface area contributed by atoms with Crippen molar-refractivity contribution in [1.29, 1.82) is 0 Å². The summed E-state index contributed by atoms with van der Waals surface area (Å²) in [6.07, 6.45) is 1.12. The van der Waals surface area contributed by atoms with Gasteiger partial charge in [-0.2, -0.15) is 0 Å². The van der Waals surface area contributed by atoms with Crippen molar-refractivity contribution in [3.8, 4) is 0 Å². The molecule has 61 heavy (non-hydrogen) atoms. The molecule has 7 heterocycles. The molecule has 15 heteroatoms. The van der Waals surface area contributed by atoms with E-state index in [0.717, 1.165) is 51.0 Å². The summed E-state index contributed by atoms with van der Waals surface area (Å²) in [6.45, 7) is 5.19. The fourth-order valence-electron chi connectivity index (χ4n) is 11.0. The average molecular weight is 836 g/mol. The van der Waals surface area contributed by atoms with Crippen molar-refractivity contribution >= 4 is 46.1 Å². The maximum atomic E-state index is 16.3. The summed E-state index contributed by atoms with van der Waals surface area (Å²) in [5.74, 6) is -2.46. The molecule has 3 atom stereocenters. The van der Waals surface area contributed by atoms with Crippen LogP contribution in [-0.2, 0) is 33.9 Å². The number of halogens is 3. The molecule has 6 aliphatic heterocycles. The number of amides is 5. The summed E-state index contributed by atoms with van der Waals surface area (Å²) < 4.78 is 44.1. The zero-order valence-electron chi connectivity index (χ0n) is 34.0. The van der Waals surface area contributed by atoms with Crippen LogP contribution in [0.25, 0.3) is 10.9 Å². The first kappa shape index (κ1) is 39.6. The van der Waals surface area contributed by atoms with Crippen molar-refractivity contribution < 1.29 is 37.1 Å². The van der Waals surface area contributed by atoms with E-state index >= 15 is 4.39 Å². The van der Waals surface area contributed by atoms with E-state index in [4.69, 9.17) is 0 Å². The average Bonchev–Trinajstić information content (AvgIpc) is 3.91. The van der Waals surface area contributed by atoms with Crippen molar-refractivity contribution in [2.75, 3.05) is 37.6 Å². The molecule has 10 rings (SSSR count). The van der Waals surface area contributed by atoms with E-state index in [9.17, 15) is 32.8 Å². The number of piperidine rings is 3. The standard InChI is InChI=1S/C46H48F3N7O5/c1-25-18-33-31-4-2-3-5-37(31)50-41(33)42(55(25)24-39(48)49)32-7-6-30(21-36(32)47)52-14-10-26(11-15-52)44(59)53-16-12-29(13-17-53)54-22-27-19-34-35(20-28(27)23-54)46(61)56(45(34)60)38-8-9-40(57)51-43(38)58/h2-7,19-21,25-26,29,38-39,42,50H,8-18,22-24H2,1H3,(H,51,57,58)/t25-,38?,42-/m1/s1. The second-order valence-corrected chi connectivity index (χ2v) is 17.6. The van der Waals surface area contributed by atoms with Gasteiger partial charge >= 0.3 is 0 Å². The molecule has 0 aliphatic carbocycles.